The van der Waals surface area contributed by atoms with Crippen molar-refractivity contribution in [2.75, 3.05) is 13.7 Å². The first-order valence-corrected chi connectivity index (χ1v) is 8.82. The minimum absolute atomic E-state index is 0.0306. The fraction of sp³-hybridized carbons (Fsp3) is 0.238. The molecule has 0 radical (unpaired) electrons. The van der Waals surface area contributed by atoms with E-state index in [1.165, 1.54) is 0 Å². The molecule has 2 aromatic carbocycles. The lowest BCUT2D eigenvalue weighted by atomic mass is 10.1. The molecule has 0 aliphatic rings. The van der Waals surface area contributed by atoms with Crippen LogP contribution in [0.2, 0.25) is 0 Å². The van der Waals surface area contributed by atoms with Gasteiger partial charge in [0.2, 0.25) is 5.89 Å². The summed E-state index contributed by atoms with van der Waals surface area (Å²) in [5, 5.41) is 14.4. The number of aromatic nitrogens is 2. The van der Waals surface area contributed by atoms with Crippen LogP contribution in [0, 0.1) is 0 Å². The molecule has 0 amide bonds. The highest BCUT2D eigenvalue weighted by Crippen LogP contribution is 2.28. The lowest BCUT2D eigenvalue weighted by Crippen LogP contribution is -2.29. The van der Waals surface area contributed by atoms with Crippen LogP contribution in [0.4, 0.5) is 0 Å². The first kappa shape index (κ1) is 19.4. The van der Waals surface area contributed by atoms with Crippen LogP contribution >= 0.6 is 0 Å². The van der Waals surface area contributed by atoms with E-state index in [2.05, 4.69) is 11.7 Å². The van der Waals surface area contributed by atoms with E-state index in [0.29, 0.717) is 17.1 Å². The van der Waals surface area contributed by atoms with E-state index >= 15 is 0 Å². The van der Waals surface area contributed by atoms with Gasteiger partial charge >= 0.3 is 5.76 Å². The summed E-state index contributed by atoms with van der Waals surface area (Å²) in [6, 6.07) is 14.6. The van der Waals surface area contributed by atoms with Gasteiger partial charge in [0.25, 0.3) is 0 Å². The van der Waals surface area contributed by atoms with Crippen LogP contribution < -0.4 is 15.2 Å². The molecular weight excluding hydrogens is 360 g/mol. The lowest BCUT2D eigenvalue weighted by Gasteiger charge is -2.14. The number of allylic oxidation sites excluding steroid dienone is 1. The monoisotopic (exact) mass is 382 g/mol. The minimum Gasteiger partial charge on any atom is -0.493 e. The third-order valence-electron chi connectivity index (χ3n) is 4.05. The summed E-state index contributed by atoms with van der Waals surface area (Å²) in [5.41, 5.74) is 1.73. The first-order valence-electron chi connectivity index (χ1n) is 8.82. The SMILES string of the molecule is C=CCc1ccc(OCC(O)Cn2nc(-c3ccccc3)oc2=O)c(OC)c1. The van der Waals surface area contributed by atoms with Gasteiger partial charge in [0.05, 0.1) is 13.7 Å². The molecule has 0 spiro atoms. The molecule has 0 saturated carbocycles. The van der Waals surface area contributed by atoms with Gasteiger partial charge in [-0.2, -0.15) is 4.68 Å². The number of benzene rings is 2. The third-order valence-corrected chi connectivity index (χ3v) is 4.05. The Hall–Kier alpha value is -3.32. The highest BCUT2D eigenvalue weighted by atomic mass is 16.5. The van der Waals surface area contributed by atoms with Crippen molar-refractivity contribution in [2.45, 2.75) is 19.1 Å². The van der Waals surface area contributed by atoms with Gasteiger partial charge in [-0.05, 0) is 36.2 Å². The highest BCUT2D eigenvalue weighted by Gasteiger charge is 2.15. The van der Waals surface area contributed by atoms with Gasteiger partial charge in [-0.15, -0.1) is 11.7 Å². The maximum absolute atomic E-state index is 12.0. The Morgan fingerprint density at radius 3 is 2.75 bits per heavy atom. The van der Waals surface area contributed by atoms with E-state index in [0.717, 1.165) is 16.7 Å². The summed E-state index contributed by atoms with van der Waals surface area (Å²) in [5.74, 6) is 0.644. The summed E-state index contributed by atoms with van der Waals surface area (Å²) in [6.07, 6.45) is 1.57. The summed E-state index contributed by atoms with van der Waals surface area (Å²) < 4.78 is 17.2. The van der Waals surface area contributed by atoms with Gasteiger partial charge < -0.3 is 19.0 Å². The molecule has 1 N–H and O–H groups in total. The average molecular weight is 382 g/mol. The molecule has 7 heteroatoms. The molecule has 0 saturated heterocycles. The molecule has 0 aliphatic carbocycles. The molecule has 1 aromatic heterocycles. The van der Waals surface area contributed by atoms with Crippen molar-refractivity contribution in [1.29, 1.82) is 0 Å². The Bertz CT molecular complexity index is 978. The van der Waals surface area contributed by atoms with Crippen molar-refractivity contribution < 1.29 is 19.0 Å². The van der Waals surface area contributed by atoms with Crippen molar-refractivity contribution in [1.82, 2.24) is 9.78 Å². The van der Waals surface area contributed by atoms with Crippen LogP contribution in [0.15, 0.2) is 70.4 Å². The van der Waals surface area contributed by atoms with Crippen molar-refractivity contribution >= 4 is 0 Å². The molecule has 0 bridgehead atoms. The molecule has 1 atom stereocenters. The van der Waals surface area contributed by atoms with Crippen LogP contribution in [-0.2, 0) is 13.0 Å². The molecule has 3 rings (SSSR count). The van der Waals surface area contributed by atoms with E-state index in [1.54, 1.807) is 31.4 Å². The van der Waals surface area contributed by atoms with Gasteiger partial charge in [0.1, 0.15) is 12.7 Å². The van der Waals surface area contributed by atoms with Crippen LogP contribution in [0.1, 0.15) is 5.56 Å². The van der Waals surface area contributed by atoms with Crippen LogP contribution in [0.3, 0.4) is 0 Å². The van der Waals surface area contributed by atoms with Gasteiger partial charge in [-0.25, -0.2) is 4.79 Å². The quantitative estimate of drug-likeness (QED) is 0.573. The Kier molecular flexibility index (Phi) is 6.29. The molecule has 0 aliphatic heterocycles. The lowest BCUT2D eigenvalue weighted by molar-refractivity contribution is 0.0861. The maximum atomic E-state index is 12.0. The number of hydrogen-bond donors (Lipinski definition) is 1. The Morgan fingerprint density at radius 1 is 1.25 bits per heavy atom. The molecule has 7 nitrogen and oxygen atoms in total. The topological polar surface area (TPSA) is 86.7 Å². The summed E-state index contributed by atoms with van der Waals surface area (Å²) >= 11 is 0. The predicted octanol–water partition coefficient (Wildman–Crippen LogP) is 2.68. The number of aliphatic hydroxyl groups is 1. The third kappa shape index (κ3) is 4.69. The summed E-state index contributed by atoms with van der Waals surface area (Å²) in [4.78, 5) is 12.0. The predicted molar refractivity (Wildman–Crippen MR) is 105 cm³/mol. The van der Waals surface area contributed by atoms with Crippen molar-refractivity contribution in [3.05, 3.63) is 77.3 Å². The van der Waals surface area contributed by atoms with Gasteiger partial charge in [-0.3, -0.25) is 0 Å². The molecule has 1 heterocycles. The summed E-state index contributed by atoms with van der Waals surface area (Å²) in [7, 11) is 1.55. The van der Waals surface area contributed by atoms with Crippen LogP contribution in [-0.4, -0.2) is 34.7 Å². The second kappa shape index (κ2) is 9.05. The van der Waals surface area contributed by atoms with Crippen molar-refractivity contribution in [2.24, 2.45) is 0 Å². The molecule has 146 valence electrons. The smallest absolute Gasteiger partial charge is 0.437 e. The Labute approximate surface area is 162 Å². The summed E-state index contributed by atoms with van der Waals surface area (Å²) in [6.45, 7) is 3.63. The Morgan fingerprint density at radius 2 is 2.04 bits per heavy atom. The molecule has 0 fully saturated rings. The number of hydrogen-bond acceptors (Lipinski definition) is 6. The number of methoxy groups -OCH3 is 1. The minimum atomic E-state index is -0.955. The highest BCUT2D eigenvalue weighted by molar-refractivity contribution is 5.51. The number of nitrogens with zero attached hydrogens (tertiary/aromatic N) is 2. The first-order chi connectivity index (χ1) is 13.6. The molecule has 1 unspecified atom stereocenters. The number of aliphatic hydroxyl groups excluding tert-OH is 1. The number of rotatable bonds is 9. The van der Waals surface area contributed by atoms with Crippen molar-refractivity contribution in [3.8, 4) is 23.0 Å². The van der Waals surface area contributed by atoms with E-state index in [9.17, 15) is 9.90 Å². The van der Waals surface area contributed by atoms with Gasteiger partial charge in [-0.1, -0.05) is 30.3 Å². The average Bonchev–Trinajstić information content (AvgIpc) is 3.08. The van der Waals surface area contributed by atoms with E-state index < -0.39 is 11.9 Å². The van der Waals surface area contributed by atoms with E-state index in [-0.39, 0.29) is 19.0 Å². The largest absolute Gasteiger partial charge is 0.493 e. The fourth-order valence-electron chi connectivity index (χ4n) is 2.68. The van der Waals surface area contributed by atoms with Crippen molar-refractivity contribution in [3.63, 3.8) is 0 Å². The van der Waals surface area contributed by atoms with Crippen LogP contribution in [0.25, 0.3) is 11.5 Å². The van der Waals surface area contributed by atoms with E-state index in [1.807, 2.05) is 30.3 Å². The number of ether oxygens (including phenoxy) is 2. The fourth-order valence-corrected chi connectivity index (χ4v) is 2.68. The standard InChI is InChI=1S/C21H22N2O5/c1-3-7-15-10-11-18(19(12-15)26-2)27-14-17(24)13-23-21(25)28-20(22-23)16-8-5-4-6-9-16/h3-6,8-12,17,24H,1,7,13-14H2,2H3. The van der Waals surface area contributed by atoms with Gasteiger partial charge in [0, 0.05) is 5.56 Å². The molecule has 28 heavy (non-hydrogen) atoms. The second-order valence-electron chi connectivity index (χ2n) is 6.16. The zero-order valence-corrected chi connectivity index (χ0v) is 15.6. The molecule has 3 aromatic rings. The molecular formula is C21H22N2O5. The zero-order chi connectivity index (χ0) is 19.9. The second-order valence-corrected chi connectivity index (χ2v) is 6.16. The zero-order valence-electron chi connectivity index (χ0n) is 15.6. The van der Waals surface area contributed by atoms with E-state index in [4.69, 9.17) is 13.9 Å². The van der Waals surface area contributed by atoms with Crippen LogP contribution in [0.5, 0.6) is 11.5 Å². The normalized spacial score (nSPS) is 11.8. The Balaban J connectivity index is 1.64. The van der Waals surface area contributed by atoms with Gasteiger partial charge in [0.15, 0.2) is 11.5 Å². The maximum Gasteiger partial charge on any atom is 0.437 e.